The van der Waals surface area contributed by atoms with Crippen LogP contribution in [0.25, 0.3) is 10.9 Å². The summed E-state index contributed by atoms with van der Waals surface area (Å²) in [5.41, 5.74) is 5.68. The van der Waals surface area contributed by atoms with Crippen LogP contribution in [0.1, 0.15) is 17.2 Å². The van der Waals surface area contributed by atoms with Crippen molar-refractivity contribution < 1.29 is 0 Å². The molecule has 3 rings (SSSR count). The van der Waals surface area contributed by atoms with Gasteiger partial charge in [-0.2, -0.15) is 0 Å². The van der Waals surface area contributed by atoms with E-state index < -0.39 is 0 Å². The van der Waals surface area contributed by atoms with Gasteiger partial charge in [-0.1, -0.05) is 18.2 Å². The van der Waals surface area contributed by atoms with Crippen LogP contribution in [0.4, 0.5) is 0 Å². The van der Waals surface area contributed by atoms with Crippen molar-refractivity contribution in [2.75, 3.05) is 0 Å². The molecule has 0 bridgehead atoms. The van der Waals surface area contributed by atoms with Gasteiger partial charge in [-0.25, -0.2) is 15.4 Å². The lowest BCUT2D eigenvalue weighted by Crippen LogP contribution is -2.29. The number of rotatable bonds is 3. The molecule has 5 nitrogen and oxygen atoms in total. The lowest BCUT2D eigenvalue weighted by molar-refractivity contribution is 0.632. The number of nitrogens with one attached hydrogen (secondary N) is 1. The van der Waals surface area contributed by atoms with E-state index in [9.17, 15) is 0 Å². The number of nitrogens with two attached hydrogens (primary N) is 1. The molecule has 2 aromatic heterocycles. The average Bonchev–Trinajstić information content (AvgIpc) is 2.49. The summed E-state index contributed by atoms with van der Waals surface area (Å²) in [5.74, 6) is 5.65. The van der Waals surface area contributed by atoms with Gasteiger partial charge in [0.05, 0.1) is 11.6 Å². The highest BCUT2D eigenvalue weighted by Crippen LogP contribution is 2.23. The summed E-state index contributed by atoms with van der Waals surface area (Å²) < 4.78 is 0. The van der Waals surface area contributed by atoms with Crippen LogP contribution in [-0.4, -0.2) is 15.0 Å². The summed E-state index contributed by atoms with van der Waals surface area (Å²) in [7, 11) is 0. The Bertz CT molecular complexity index is 683. The third kappa shape index (κ3) is 2.29. The van der Waals surface area contributed by atoms with Gasteiger partial charge in [0.25, 0.3) is 0 Å². The number of nitrogens with zero attached hydrogens (tertiary/aromatic N) is 3. The fraction of sp³-hybridized carbons (Fsp3) is 0.0714. The number of fused-ring (bicyclic) bond motifs is 1. The number of hydrogen-bond donors (Lipinski definition) is 2. The second kappa shape index (κ2) is 5.09. The molecule has 1 atom stereocenters. The van der Waals surface area contributed by atoms with Gasteiger partial charge in [0.15, 0.2) is 0 Å². The average molecular weight is 251 g/mol. The summed E-state index contributed by atoms with van der Waals surface area (Å²) in [6.07, 6.45) is 6.78. The van der Waals surface area contributed by atoms with E-state index in [-0.39, 0.29) is 6.04 Å². The minimum Gasteiger partial charge on any atom is -0.271 e. The van der Waals surface area contributed by atoms with E-state index in [1.54, 1.807) is 18.6 Å². The molecule has 1 aromatic carbocycles. The van der Waals surface area contributed by atoms with E-state index in [0.717, 1.165) is 22.0 Å². The quantitative estimate of drug-likeness (QED) is 0.546. The Morgan fingerprint density at radius 2 is 1.89 bits per heavy atom. The monoisotopic (exact) mass is 251 g/mol. The van der Waals surface area contributed by atoms with Gasteiger partial charge in [-0.3, -0.25) is 10.8 Å². The molecule has 0 aliphatic rings. The van der Waals surface area contributed by atoms with Gasteiger partial charge in [0.2, 0.25) is 0 Å². The smallest absolute Gasteiger partial charge is 0.115 e. The van der Waals surface area contributed by atoms with E-state index >= 15 is 0 Å². The van der Waals surface area contributed by atoms with Crippen molar-refractivity contribution >= 4 is 10.9 Å². The number of hydrogen-bond acceptors (Lipinski definition) is 5. The zero-order chi connectivity index (χ0) is 13.1. The zero-order valence-electron chi connectivity index (χ0n) is 10.2. The Morgan fingerprint density at radius 1 is 1.05 bits per heavy atom. The van der Waals surface area contributed by atoms with E-state index in [4.69, 9.17) is 5.84 Å². The van der Waals surface area contributed by atoms with Gasteiger partial charge in [-0.05, 0) is 17.7 Å². The Kier molecular flexibility index (Phi) is 3.14. The van der Waals surface area contributed by atoms with Gasteiger partial charge < -0.3 is 0 Å². The van der Waals surface area contributed by atoms with Crippen molar-refractivity contribution in [3.8, 4) is 0 Å². The van der Waals surface area contributed by atoms with Gasteiger partial charge >= 0.3 is 0 Å². The Hall–Kier alpha value is -2.37. The molecular formula is C14H13N5. The molecule has 0 aliphatic heterocycles. The number of pyridine rings is 1. The Balaban J connectivity index is 2.06. The molecule has 0 aliphatic carbocycles. The summed E-state index contributed by atoms with van der Waals surface area (Å²) >= 11 is 0. The molecule has 94 valence electrons. The van der Waals surface area contributed by atoms with Crippen molar-refractivity contribution in [2.24, 2.45) is 5.84 Å². The highest BCUT2D eigenvalue weighted by molar-refractivity contribution is 5.79. The first-order chi connectivity index (χ1) is 9.38. The molecule has 3 N–H and O–H groups in total. The van der Waals surface area contributed by atoms with E-state index in [1.807, 2.05) is 30.3 Å². The SMILES string of the molecule is NNC(c1cncnc1)c1ccc2cccnc2c1. The van der Waals surface area contributed by atoms with Crippen LogP contribution >= 0.6 is 0 Å². The van der Waals surface area contributed by atoms with Crippen LogP contribution in [0.15, 0.2) is 55.2 Å². The van der Waals surface area contributed by atoms with E-state index in [1.165, 1.54) is 6.33 Å². The van der Waals surface area contributed by atoms with Gasteiger partial charge in [-0.15, -0.1) is 0 Å². The normalized spacial score (nSPS) is 12.5. The molecule has 1 unspecified atom stereocenters. The van der Waals surface area contributed by atoms with Crippen molar-refractivity contribution in [3.63, 3.8) is 0 Å². The highest BCUT2D eigenvalue weighted by Gasteiger charge is 2.13. The number of benzene rings is 1. The maximum Gasteiger partial charge on any atom is 0.115 e. The van der Waals surface area contributed by atoms with Crippen molar-refractivity contribution in [2.45, 2.75) is 6.04 Å². The maximum atomic E-state index is 5.65. The molecule has 0 fully saturated rings. The van der Waals surface area contributed by atoms with Crippen LogP contribution < -0.4 is 11.3 Å². The van der Waals surface area contributed by atoms with Crippen LogP contribution in [0, 0.1) is 0 Å². The van der Waals surface area contributed by atoms with Crippen molar-refractivity contribution in [3.05, 3.63) is 66.4 Å². The molecular weight excluding hydrogens is 238 g/mol. The second-order valence-electron chi connectivity index (χ2n) is 4.23. The summed E-state index contributed by atoms with van der Waals surface area (Å²) in [4.78, 5) is 12.4. The first-order valence-electron chi connectivity index (χ1n) is 5.94. The molecule has 0 spiro atoms. The first-order valence-corrected chi connectivity index (χ1v) is 5.94. The molecule has 0 saturated carbocycles. The predicted octanol–water partition coefficient (Wildman–Crippen LogP) is 1.58. The minimum absolute atomic E-state index is 0.146. The molecule has 19 heavy (non-hydrogen) atoms. The van der Waals surface area contributed by atoms with Crippen LogP contribution in [0.3, 0.4) is 0 Å². The summed E-state index contributed by atoms with van der Waals surface area (Å²) in [6.45, 7) is 0. The molecule has 0 radical (unpaired) electrons. The molecule has 3 aromatic rings. The van der Waals surface area contributed by atoms with E-state index in [0.29, 0.717) is 0 Å². The highest BCUT2D eigenvalue weighted by atomic mass is 15.2. The molecule has 0 saturated heterocycles. The third-order valence-electron chi connectivity index (χ3n) is 3.04. The first kappa shape index (κ1) is 11.7. The Labute approximate surface area is 110 Å². The molecule has 0 amide bonds. The summed E-state index contributed by atoms with van der Waals surface area (Å²) in [6, 6.07) is 9.89. The van der Waals surface area contributed by atoms with E-state index in [2.05, 4.69) is 20.4 Å². The lowest BCUT2D eigenvalue weighted by Gasteiger charge is -2.16. The third-order valence-corrected chi connectivity index (χ3v) is 3.04. The summed E-state index contributed by atoms with van der Waals surface area (Å²) in [5, 5.41) is 1.10. The van der Waals surface area contributed by atoms with Crippen LogP contribution in [0.2, 0.25) is 0 Å². The minimum atomic E-state index is -0.146. The van der Waals surface area contributed by atoms with Crippen LogP contribution in [0.5, 0.6) is 0 Å². The zero-order valence-corrected chi connectivity index (χ0v) is 10.2. The number of hydrazine groups is 1. The fourth-order valence-corrected chi connectivity index (χ4v) is 2.11. The van der Waals surface area contributed by atoms with Crippen LogP contribution in [-0.2, 0) is 0 Å². The molecule has 5 heteroatoms. The largest absolute Gasteiger partial charge is 0.271 e. The van der Waals surface area contributed by atoms with Gasteiger partial charge in [0, 0.05) is 29.5 Å². The molecule has 2 heterocycles. The van der Waals surface area contributed by atoms with Gasteiger partial charge in [0.1, 0.15) is 6.33 Å². The lowest BCUT2D eigenvalue weighted by atomic mass is 10.0. The Morgan fingerprint density at radius 3 is 2.68 bits per heavy atom. The van der Waals surface area contributed by atoms with Crippen molar-refractivity contribution in [1.82, 2.24) is 20.4 Å². The van der Waals surface area contributed by atoms with Crippen molar-refractivity contribution in [1.29, 1.82) is 0 Å². The second-order valence-corrected chi connectivity index (χ2v) is 4.23. The topological polar surface area (TPSA) is 76.7 Å². The number of aromatic nitrogens is 3. The predicted molar refractivity (Wildman–Crippen MR) is 72.9 cm³/mol. The standard InChI is InChI=1S/C14H13N5/c15-19-14(12-7-16-9-17-8-12)11-4-3-10-2-1-5-18-13(10)6-11/h1-9,14,19H,15H2. The fourth-order valence-electron chi connectivity index (χ4n) is 2.11. The maximum absolute atomic E-state index is 5.65.